The van der Waals surface area contributed by atoms with Crippen LogP contribution in [0.25, 0.3) is 0 Å². The minimum Gasteiger partial charge on any atom is -0.375 e. The molecule has 0 saturated carbocycles. The van der Waals surface area contributed by atoms with E-state index in [-0.39, 0.29) is 5.60 Å². The van der Waals surface area contributed by atoms with Crippen LogP contribution in [0.2, 0.25) is 0 Å². The average molecular weight is 233 g/mol. The molecule has 0 spiro atoms. The fraction of sp³-hybridized carbons (Fsp3) is 0.692. The van der Waals surface area contributed by atoms with Crippen molar-refractivity contribution < 1.29 is 4.74 Å². The Kier molecular flexibility index (Phi) is 2.54. The van der Waals surface area contributed by atoms with Gasteiger partial charge in [0.1, 0.15) is 5.82 Å². The molecule has 0 N–H and O–H groups in total. The van der Waals surface area contributed by atoms with E-state index >= 15 is 0 Å². The van der Waals surface area contributed by atoms with Gasteiger partial charge in [-0.05, 0) is 32.6 Å². The molecule has 1 aliphatic carbocycles. The van der Waals surface area contributed by atoms with Crippen LogP contribution in [0.5, 0.6) is 0 Å². The van der Waals surface area contributed by atoms with Crippen LogP contribution in [-0.2, 0) is 17.6 Å². The molecule has 1 fully saturated rings. The maximum Gasteiger partial charge on any atom is 0.147 e. The molecule has 1 saturated heterocycles. The van der Waals surface area contributed by atoms with Crippen molar-refractivity contribution in [3.05, 3.63) is 17.6 Å². The van der Waals surface area contributed by atoms with Crippen LogP contribution in [-0.4, -0.2) is 35.8 Å². The van der Waals surface area contributed by atoms with Crippen LogP contribution in [0.1, 0.15) is 31.2 Å². The van der Waals surface area contributed by atoms with Gasteiger partial charge in [-0.2, -0.15) is 0 Å². The van der Waals surface area contributed by atoms with Crippen molar-refractivity contribution in [1.29, 1.82) is 0 Å². The van der Waals surface area contributed by atoms with Crippen molar-refractivity contribution in [2.75, 3.05) is 25.1 Å². The second kappa shape index (κ2) is 3.95. The van der Waals surface area contributed by atoms with Crippen molar-refractivity contribution in [2.24, 2.45) is 0 Å². The van der Waals surface area contributed by atoms with Crippen LogP contribution in [0.4, 0.5) is 5.82 Å². The topological polar surface area (TPSA) is 38.2 Å². The van der Waals surface area contributed by atoms with Gasteiger partial charge in [0.05, 0.1) is 36.3 Å². The standard InChI is InChI=1S/C13H19N3O/c1-13(17-2)8-16(9-13)12-7-14-10-5-3-4-6-11(10)15-12/h7H,3-6,8-9H2,1-2H3. The highest BCUT2D eigenvalue weighted by Gasteiger charge is 2.39. The van der Waals surface area contributed by atoms with Gasteiger partial charge in [0.25, 0.3) is 0 Å². The zero-order valence-corrected chi connectivity index (χ0v) is 10.6. The summed E-state index contributed by atoms with van der Waals surface area (Å²) in [6.45, 7) is 3.96. The van der Waals surface area contributed by atoms with Crippen molar-refractivity contribution >= 4 is 5.82 Å². The van der Waals surface area contributed by atoms with Gasteiger partial charge in [-0.25, -0.2) is 4.98 Å². The first-order chi connectivity index (χ1) is 8.20. The summed E-state index contributed by atoms with van der Waals surface area (Å²) in [5.74, 6) is 1.01. The molecule has 2 heterocycles. The van der Waals surface area contributed by atoms with E-state index in [9.17, 15) is 0 Å². The number of aromatic nitrogens is 2. The van der Waals surface area contributed by atoms with E-state index in [2.05, 4.69) is 16.8 Å². The van der Waals surface area contributed by atoms with E-state index in [4.69, 9.17) is 9.72 Å². The van der Waals surface area contributed by atoms with Gasteiger partial charge in [-0.15, -0.1) is 0 Å². The van der Waals surface area contributed by atoms with E-state index in [1.807, 2.05) is 6.20 Å². The van der Waals surface area contributed by atoms with Gasteiger partial charge < -0.3 is 9.64 Å². The summed E-state index contributed by atoms with van der Waals surface area (Å²) in [5, 5.41) is 0. The fourth-order valence-corrected chi connectivity index (χ4v) is 2.64. The lowest BCUT2D eigenvalue weighted by atomic mass is 9.96. The Morgan fingerprint density at radius 3 is 2.65 bits per heavy atom. The minimum absolute atomic E-state index is 0.00240. The average Bonchev–Trinajstić information content (AvgIpc) is 2.34. The molecule has 4 heteroatoms. The molecular formula is C13H19N3O. The number of ether oxygens (including phenoxy) is 1. The van der Waals surface area contributed by atoms with E-state index in [1.165, 1.54) is 24.2 Å². The Bertz CT molecular complexity index is 427. The fourth-order valence-electron chi connectivity index (χ4n) is 2.64. The number of fused-ring (bicyclic) bond motifs is 1. The van der Waals surface area contributed by atoms with Crippen LogP contribution >= 0.6 is 0 Å². The van der Waals surface area contributed by atoms with Crippen LogP contribution < -0.4 is 4.90 Å². The molecule has 17 heavy (non-hydrogen) atoms. The second-order valence-electron chi connectivity index (χ2n) is 5.34. The lowest BCUT2D eigenvalue weighted by Crippen LogP contribution is -2.61. The summed E-state index contributed by atoms with van der Waals surface area (Å²) >= 11 is 0. The minimum atomic E-state index is -0.00240. The second-order valence-corrected chi connectivity index (χ2v) is 5.34. The molecule has 4 nitrogen and oxygen atoms in total. The molecule has 0 atom stereocenters. The molecule has 0 bridgehead atoms. The van der Waals surface area contributed by atoms with Crippen LogP contribution in [0.3, 0.4) is 0 Å². The normalized spacial score (nSPS) is 21.9. The van der Waals surface area contributed by atoms with Gasteiger partial charge >= 0.3 is 0 Å². The lowest BCUT2D eigenvalue weighted by molar-refractivity contribution is -0.0172. The number of hydrogen-bond acceptors (Lipinski definition) is 4. The van der Waals surface area contributed by atoms with Crippen LogP contribution in [0, 0.1) is 0 Å². The maximum atomic E-state index is 5.45. The Morgan fingerprint density at radius 2 is 1.94 bits per heavy atom. The van der Waals surface area contributed by atoms with Crippen molar-refractivity contribution in [2.45, 2.75) is 38.2 Å². The summed E-state index contributed by atoms with van der Waals surface area (Å²) in [6, 6.07) is 0. The summed E-state index contributed by atoms with van der Waals surface area (Å²) < 4.78 is 5.45. The summed E-state index contributed by atoms with van der Waals surface area (Å²) in [7, 11) is 1.77. The zero-order chi connectivity index (χ0) is 11.9. The molecule has 1 aromatic heterocycles. The highest BCUT2D eigenvalue weighted by molar-refractivity contribution is 5.43. The molecule has 2 aliphatic rings. The predicted octanol–water partition coefficient (Wildman–Crippen LogP) is 1.58. The Labute approximate surface area is 102 Å². The first-order valence-corrected chi connectivity index (χ1v) is 6.35. The molecule has 0 aromatic carbocycles. The Hall–Kier alpha value is -1.16. The van der Waals surface area contributed by atoms with E-state index in [0.717, 1.165) is 31.7 Å². The van der Waals surface area contributed by atoms with Gasteiger partial charge in [-0.3, -0.25) is 4.98 Å². The highest BCUT2D eigenvalue weighted by atomic mass is 16.5. The molecule has 0 radical (unpaired) electrons. The van der Waals surface area contributed by atoms with Gasteiger partial charge in [0, 0.05) is 7.11 Å². The van der Waals surface area contributed by atoms with Crippen LogP contribution in [0.15, 0.2) is 6.20 Å². The van der Waals surface area contributed by atoms with Gasteiger partial charge in [0.2, 0.25) is 0 Å². The first kappa shape index (κ1) is 11.0. The molecule has 1 aromatic rings. The predicted molar refractivity (Wildman–Crippen MR) is 66.3 cm³/mol. The molecule has 0 unspecified atom stereocenters. The summed E-state index contributed by atoms with van der Waals surface area (Å²) in [4.78, 5) is 11.5. The quantitative estimate of drug-likeness (QED) is 0.777. The number of methoxy groups -OCH3 is 1. The SMILES string of the molecule is COC1(C)CN(c2cnc3c(n2)CCCC3)C1. The summed E-state index contributed by atoms with van der Waals surface area (Å²) in [6.07, 6.45) is 6.61. The van der Waals surface area contributed by atoms with E-state index in [0.29, 0.717) is 0 Å². The van der Waals surface area contributed by atoms with Crippen molar-refractivity contribution in [3.63, 3.8) is 0 Å². The van der Waals surface area contributed by atoms with Crippen molar-refractivity contribution in [3.8, 4) is 0 Å². The van der Waals surface area contributed by atoms with Crippen molar-refractivity contribution in [1.82, 2.24) is 9.97 Å². The third-order valence-electron chi connectivity index (χ3n) is 3.86. The molecule has 1 aliphatic heterocycles. The smallest absolute Gasteiger partial charge is 0.147 e. The number of aryl methyl sites for hydroxylation is 2. The van der Waals surface area contributed by atoms with E-state index < -0.39 is 0 Å². The number of nitrogens with zero attached hydrogens (tertiary/aromatic N) is 3. The number of hydrogen-bond donors (Lipinski definition) is 0. The lowest BCUT2D eigenvalue weighted by Gasteiger charge is -2.47. The number of rotatable bonds is 2. The number of anilines is 1. The maximum absolute atomic E-state index is 5.45. The van der Waals surface area contributed by atoms with E-state index in [1.54, 1.807) is 7.11 Å². The Morgan fingerprint density at radius 1 is 1.24 bits per heavy atom. The molecular weight excluding hydrogens is 214 g/mol. The largest absolute Gasteiger partial charge is 0.375 e. The highest BCUT2D eigenvalue weighted by Crippen LogP contribution is 2.29. The third kappa shape index (κ3) is 1.90. The molecule has 0 amide bonds. The van der Waals surface area contributed by atoms with Gasteiger partial charge in [-0.1, -0.05) is 0 Å². The molecule has 3 rings (SSSR count). The monoisotopic (exact) mass is 233 g/mol. The first-order valence-electron chi connectivity index (χ1n) is 6.35. The zero-order valence-electron chi connectivity index (χ0n) is 10.6. The Balaban J connectivity index is 1.77. The molecule has 92 valence electrons. The van der Waals surface area contributed by atoms with Gasteiger partial charge in [0.15, 0.2) is 0 Å². The third-order valence-corrected chi connectivity index (χ3v) is 3.86. The summed E-state index contributed by atoms with van der Waals surface area (Å²) in [5.41, 5.74) is 2.41.